The first-order valence-electron chi connectivity index (χ1n) is 9.60. The molecule has 0 radical (unpaired) electrons. The second-order valence-corrected chi connectivity index (χ2v) is 8.17. The number of amides is 1. The van der Waals surface area contributed by atoms with Gasteiger partial charge in [0.05, 0.1) is 16.1 Å². The number of benzene rings is 2. The van der Waals surface area contributed by atoms with E-state index in [-0.39, 0.29) is 24.1 Å². The Hall–Kier alpha value is -2.81. The van der Waals surface area contributed by atoms with Gasteiger partial charge >= 0.3 is 6.36 Å². The lowest BCUT2D eigenvalue weighted by Crippen LogP contribution is -2.42. The van der Waals surface area contributed by atoms with Gasteiger partial charge in [0.2, 0.25) is 5.91 Å². The number of carbonyl (C=O) groups is 1. The maximum absolute atomic E-state index is 12.6. The molecule has 0 bridgehead atoms. The molecule has 1 N–H and O–H groups in total. The van der Waals surface area contributed by atoms with Gasteiger partial charge in [0, 0.05) is 19.6 Å². The normalized spacial score (nSPS) is 17.2. The third kappa shape index (κ3) is 5.02. The van der Waals surface area contributed by atoms with Crippen molar-refractivity contribution in [3.63, 3.8) is 0 Å². The molecule has 9 heteroatoms. The second kappa shape index (κ2) is 8.51. The zero-order valence-corrected chi connectivity index (χ0v) is 16.8. The van der Waals surface area contributed by atoms with E-state index in [4.69, 9.17) is 0 Å². The van der Waals surface area contributed by atoms with Gasteiger partial charge in [-0.2, -0.15) is 0 Å². The number of carbonyl (C=O) groups excluding carboxylic acids is 1. The highest BCUT2D eigenvalue weighted by atomic mass is 32.1. The Bertz CT molecular complexity index is 987. The standard InChI is InChI=1S/C21H20F3N3O2S/c22-21(23,24)29-16-9-7-14(8-10-16)12-25-19(28)15-4-3-11-27(13-15)20-26-17-5-1-2-6-18(17)30-20/h1-2,5-10,15H,3-4,11-13H2,(H,25,28). The lowest BCUT2D eigenvalue weighted by molar-refractivity contribution is -0.274. The molecule has 1 aliphatic rings. The molecular weight excluding hydrogens is 415 g/mol. The highest BCUT2D eigenvalue weighted by molar-refractivity contribution is 7.22. The molecule has 0 spiro atoms. The molecule has 1 aromatic heterocycles. The predicted octanol–water partition coefficient (Wildman–Crippen LogP) is 4.73. The summed E-state index contributed by atoms with van der Waals surface area (Å²) in [5, 5.41) is 3.81. The summed E-state index contributed by atoms with van der Waals surface area (Å²) in [6, 6.07) is 13.5. The molecule has 0 aliphatic carbocycles. The Balaban J connectivity index is 1.33. The van der Waals surface area contributed by atoms with Crippen molar-refractivity contribution in [3.8, 4) is 5.75 Å². The Morgan fingerprint density at radius 1 is 1.20 bits per heavy atom. The van der Waals surface area contributed by atoms with Gasteiger partial charge < -0.3 is 15.0 Å². The van der Waals surface area contributed by atoms with Gasteiger partial charge in [0.25, 0.3) is 0 Å². The minimum absolute atomic E-state index is 0.0589. The molecule has 1 atom stereocenters. The molecule has 1 fully saturated rings. The number of fused-ring (bicyclic) bond motifs is 1. The van der Waals surface area contributed by atoms with Crippen LogP contribution in [0.15, 0.2) is 48.5 Å². The van der Waals surface area contributed by atoms with Gasteiger partial charge in [0.1, 0.15) is 5.75 Å². The number of nitrogens with zero attached hydrogens (tertiary/aromatic N) is 2. The summed E-state index contributed by atoms with van der Waals surface area (Å²) >= 11 is 1.62. The summed E-state index contributed by atoms with van der Waals surface area (Å²) < 4.78 is 41.7. The smallest absolute Gasteiger partial charge is 0.406 e. The molecule has 4 rings (SSSR count). The predicted molar refractivity (Wildman–Crippen MR) is 110 cm³/mol. The largest absolute Gasteiger partial charge is 0.573 e. The summed E-state index contributed by atoms with van der Waals surface area (Å²) in [6.45, 7) is 1.72. The molecule has 3 aromatic rings. The van der Waals surface area contributed by atoms with Gasteiger partial charge in [-0.1, -0.05) is 35.6 Å². The molecule has 1 unspecified atom stereocenters. The molecule has 0 saturated carbocycles. The van der Waals surface area contributed by atoms with E-state index in [1.54, 1.807) is 11.3 Å². The molecule has 2 aromatic carbocycles. The highest BCUT2D eigenvalue weighted by Crippen LogP contribution is 2.31. The van der Waals surface area contributed by atoms with Crippen LogP contribution in [0.25, 0.3) is 10.2 Å². The van der Waals surface area contributed by atoms with E-state index in [9.17, 15) is 18.0 Å². The van der Waals surface area contributed by atoms with Gasteiger partial charge in [-0.3, -0.25) is 4.79 Å². The fourth-order valence-electron chi connectivity index (χ4n) is 3.50. The van der Waals surface area contributed by atoms with E-state index in [2.05, 4.69) is 19.9 Å². The lowest BCUT2D eigenvalue weighted by atomic mass is 9.97. The lowest BCUT2D eigenvalue weighted by Gasteiger charge is -2.31. The van der Waals surface area contributed by atoms with Crippen molar-refractivity contribution in [2.75, 3.05) is 18.0 Å². The molecular formula is C21H20F3N3O2S. The molecule has 2 heterocycles. The summed E-state index contributed by atoms with van der Waals surface area (Å²) in [5.74, 6) is -0.494. The summed E-state index contributed by atoms with van der Waals surface area (Å²) in [4.78, 5) is 19.5. The van der Waals surface area contributed by atoms with Gasteiger partial charge in [0.15, 0.2) is 5.13 Å². The number of piperidine rings is 1. The van der Waals surface area contributed by atoms with Crippen LogP contribution in [0.4, 0.5) is 18.3 Å². The van der Waals surface area contributed by atoms with Crippen LogP contribution in [-0.4, -0.2) is 30.3 Å². The third-order valence-electron chi connectivity index (χ3n) is 4.97. The van der Waals surface area contributed by atoms with Crippen LogP contribution in [0, 0.1) is 5.92 Å². The average molecular weight is 435 g/mol. The number of hydrogen-bond acceptors (Lipinski definition) is 5. The van der Waals surface area contributed by atoms with E-state index in [0.717, 1.165) is 34.7 Å². The second-order valence-electron chi connectivity index (χ2n) is 7.16. The number of nitrogens with one attached hydrogen (secondary N) is 1. The fourth-order valence-corrected chi connectivity index (χ4v) is 4.50. The average Bonchev–Trinajstić information content (AvgIpc) is 3.16. The maximum Gasteiger partial charge on any atom is 0.573 e. The number of aromatic nitrogens is 1. The van der Waals surface area contributed by atoms with Crippen LogP contribution in [0.1, 0.15) is 18.4 Å². The fraction of sp³-hybridized carbons (Fsp3) is 0.333. The molecule has 1 amide bonds. The van der Waals surface area contributed by atoms with E-state index in [1.807, 2.05) is 24.3 Å². The molecule has 5 nitrogen and oxygen atoms in total. The van der Waals surface area contributed by atoms with Crippen LogP contribution >= 0.6 is 11.3 Å². The van der Waals surface area contributed by atoms with E-state index in [1.165, 1.54) is 24.3 Å². The number of halogens is 3. The third-order valence-corrected chi connectivity index (χ3v) is 6.07. The Labute approximate surface area is 175 Å². The van der Waals surface area contributed by atoms with E-state index in [0.29, 0.717) is 12.1 Å². The van der Waals surface area contributed by atoms with Crippen molar-refractivity contribution in [1.82, 2.24) is 10.3 Å². The van der Waals surface area contributed by atoms with Crippen molar-refractivity contribution in [2.45, 2.75) is 25.7 Å². The topological polar surface area (TPSA) is 54.5 Å². The minimum Gasteiger partial charge on any atom is -0.406 e. The molecule has 30 heavy (non-hydrogen) atoms. The van der Waals surface area contributed by atoms with Crippen molar-refractivity contribution < 1.29 is 22.7 Å². The summed E-state index contributed by atoms with van der Waals surface area (Å²) in [6.07, 6.45) is -3.02. The zero-order chi connectivity index (χ0) is 21.1. The number of thiazole rings is 1. The zero-order valence-electron chi connectivity index (χ0n) is 16.0. The molecule has 1 saturated heterocycles. The number of rotatable bonds is 5. The van der Waals surface area contributed by atoms with Crippen LogP contribution < -0.4 is 15.0 Å². The number of ether oxygens (including phenoxy) is 1. The quantitative estimate of drug-likeness (QED) is 0.630. The monoisotopic (exact) mass is 435 g/mol. The van der Waals surface area contributed by atoms with Crippen molar-refractivity contribution in [3.05, 3.63) is 54.1 Å². The van der Waals surface area contributed by atoms with Crippen molar-refractivity contribution in [1.29, 1.82) is 0 Å². The van der Waals surface area contributed by atoms with Gasteiger partial charge in [-0.25, -0.2) is 4.98 Å². The Morgan fingerprint density at radius 2 is 1.97 bits per heavy atom. The summed E-state index contributed by atoms with van der Waals surface area (Å²) in [5.41, 5.74) is 1.67. The number of alkyl halides is 3. The number of para-hydroxylation sites is 1. The highest BCUT2D eigenvalue weighted by Gasteiger charge is 2.31. The van der Waals surface area contributed by atoms with Gasteiger partial charge in [-0.05, 0) is 42.7 Å². The molecule has 158 valence electrons. The SMILES string of the molecule is O=C(NCc1ccc(OC(F)(F)F)cc1)C1CCCN(c2nc3ccccc3s2)C1. The van der Waals surface area contributed by atoms with Gasteiger partial charge in [-0.15, -0.1) is 13.2 Å². The Kier molecular flexibility index (Phi) is 5.80. The number of hydrogen-bond donors (Lipinski definition) is 1. The first-order valence-corrected chi connectivity index (χ1v) is 10.4. The first-order chi connectivity index (χ1) is 14.4. The minimum atomic E-state index is -4.72. The van der Waals surface area contributed by atoms with Crippen molar-refractivity contribution in [2.24, 2.45) is 5.92 Å². The maximum atomic E-state index is 12.6. The van der Waals surface area contributed by atoms with Crippen LogP contribution in [0.2, 0.25) is 0 Å². The van der Waals surface area contributed by atoms with Crippen LogP contribution in [0.5, 0.6) is 5.75 Å². The van der Waals surface area contributed by atoms with E-state index >= 15 is 0 Å². The van der Waals surface area contributed by atoms with Crippen LogP contribution in [0.3, 0.4) is 0 Å². The summed E-state index contributed by atoms with van der Waals surface area (Å²) in [7, 11) is 0. The van der Waals surface area contributed by atoms with E-state index < -0.39 is 6.36 Å². The van der Waals surface area contributed by atoms with Crippen LogP contribution in [-0.2, 0) is 11.3 Å². The number of anilines is 1. The first kappa shape index (κ1) is 20.5. The molecule has 1 aliphatic heterocycles. The Morgan fingerprint density at radius 3 is 2.70 bits per heavy atom. The van der Waals surface area contributed by atoms with Crippen molar-refractivity contribution >= 4 is 32.6 Å².